The van der Waals surface area contributed by atoms with Crippen molar-refractivity contribution in [3.63, 3.8) is 0 Å². The molecule has 4 rings (SSSR count). The van der Waals surface area contributed by atoms with Gasteiger partial charge in [-0.1, -0.05) is 0 Å². The fraction of sp³-hybridized carbons (Fsp3) is 0.526. The van der Waals surface area contributed by atoms with Crippen molar-refractivity contribution in [2.24, 2.45) is 0 Å². The zero-order chi connectivity index (χ0) is 20.4. The second-order valence-corrected chi connectivity index (χ2v) is 7.42. The molecule has 156 valence electrons. The number of anilines is 1. The highest BCUT2D eigenvalue weighted by atomic mass is 19.4. The Bertz CT molecular complexity index is 841. The summed E-state index contributed by atoms with van der Waals surface area (Å²) in [6, 6.07) is 5.07. The first-order chi connectivity index (χ1) is 13.9. The van der Waals surface area contributed by atoms with Crippen molar-refractivity contribution in [1.82, 2.24) is 15.1 Å². The largest absolute Gasteiger partial charge is 0.573 e. The van der Waals surface area contributed by atoms with Gasteiger partial charge < -0.3 is 14.5 Å². The maximum Gasteiger partial charge on any atom is 0.573 e. The molecular formula is C19H21F3N4O3. The Morgan fingerprint density at radius 2 is 1.66 bits per heavy atom. The van der Waals surface area contributed by atoms with E-state index < -0.39 is 6.36 Å². The molecule has 2 fully saturated rings. The number of benzene rings is 1. The summed E-state index contributed by atoms with van der Waals surface area (Å²) in [5, 5.41) is 11.0. The molecule has 0 atom stereocenters. The molecule has 0 radical (unpaired) electrons. The second kappa shape index (κ2) is 8.02. The van der Waals surface area contributed by atoms with E-state index in [4.69, 9.17) is 4.42 Å². The van der Waals surface area contributed by atoms with E-state index in [9.17, 15) is 18.0 Å². The van der Waals surface area contributed by atoms with Gasteiger partial charge in [0, 0.05) is 17.5 Å². The number of nitrogens with zero attached hydrogens (tertiary/aromatic N) is 3. The number of hydrogen-bond acceptors (Lipinski definition) is 6. The fourth-order valence-corrected chi connectivity index (χ4v) is 3.39. The minimum absolute atomic E-state index is 0.213. The minimum Gasteiger partial charge on any atom is -0.425 e. The minimum atomic E-state index is -4.74. The summed E-state index contributed by atoms with van der Waals surface area (Å²) in [4.78, 5) is 14.3. The smallest absolute Gasteiger partial charge is 0.425 e. The van der Waals surface area contributed by atoms with Crippen molar-refractivity contribution >= 4 is 11.6 Å². The van der Waals surface area contributed by atoms with Gasteiger partial charge in [0.2, 0.25) is 17.7 Å². The highest BCUT2D eigenvalue weighted by Gasteiger charge is 2.32. The van der Waals surface area contributed by atoms with Crippen LogP contribution in [0.15, 0.2) is 28.7 Å². The molecule has 1 aromatic heterocycles. The van der Waals surface area contributed by atoms with Crippen LogP contribution >= 0.6 is 0 Å². The molecule has 0 spiro atoms. The monoisotopic (exact) mass is 410 g/mol. The van der Waals surface area contributed by atoms with Gasteiger partial charge in [0.1, 0.15) is 5.75 Å². The lowest BCUT2D eigenvalue weighted by molar-refractivity contribution is -0.274. The first-order valence-electron chi connectivity index (χ1n) is 9.57. The molecule has 0 bridgehead atoms. The lowest BCUT2D eigenvalue weighted by Gasteiger charge is -2.29. The van der Waals surface area contributed by atoms with E-state index in [2.05, 4.69) is 20.3 Å². The molecule has 1 N–H and O–H groups in total. The number of halogens is 3. The van der Waals surface area contributed by atoms with Gasteiger partial charge in [-0.3, -0.25) is 9.69 Å². The number of piperidine rings is 1. The summed E-state index contributed by atoms with van der Waals surface area (Å²) < 4.78 is 46.1. The number of amides is 1. The Morgan fingerprint density at radius 1 is 1.07 bits per heavy atom. The first-order valence-corrected chi connectivity index (χ1v) is 9.57. The number of alkyl halides is 3. The van der Waals surface area contributed by atoms with Gasteiger partial charge in [-0.15, -0.1) is 23.4 Å². The van der Waals surface area contributed by atoms with Crippen LogP contribution in [0.3, 0.4) is 0 Å². The summed E-state index contributed by atoms with van der Waals surface area (Å²) in [6.45, 7) is 1.68. The topological polar surface area (TPSA) is 80.5 Å². The third-order valence-electron chi connectivity index (χ3n) is 5.06. The molecule has 1 amide bonds. The van der Waals surface area contributed by atoms with E-state index in [0.29, 0.717) is 17.5 Å². The highest BCUT2D eigenvalue weighted by Crippen LogP contribution is 2.40. The fourth-order valence-electron chi connectivity index (χ4n) is 3.39. The molecule has 7 nitrogen and oxygen atoms in total. The number of aromatic nitrogens is 2. The van der Waals surface area contributed by atoms with E-state index >= 15 is 0 Å². The third-order valence-corrected chi connectivity index (χ3v) is 5.06. The van der Waals surface area contributed by atoms with Crippen molar-refractivity contribution in [1.29, 1.82) is 0 Å². The molecule has 1 aliphatic heterocycles. The average molecular weight is 410 g/mol. The van der Waals surface area contributed by atoms with Gasteiger partial charge >= 0.3 is 6.36 Å². The van der Waals surface area contributed by atoms with Crippen LogP contribution < -0.4 is 10.1 Å². The number of ether oxygens (including phenoxy) is 1. The lowest BCUT2D eigenvalue weighted by atomic mass is 9.97. The maximum atomic E-state index is 12.2. The Morgan fingerprint density at radius 3 is 2.21 bits per heavy atom. The number of carbonyl (C=O) groups is 1. The van der Waals surface area contributed by atoms with E-state index in [1.807, 2.05) is 4.90 Å². The number of hydrogen-bond donors (Lipinski definition) is 1. The normalized spacial score (nSPS) is 18.6. The number of carbonyl (C=O) groups excluding carboxylic acids is 1. The van der Waals surface area contributed by atoms with Gasteiger partial charge in [0.25, 0.3) is 0 Å². The predicted molar refractivity (Wildman–Crippen MR) is 96.4 cm³/mol. The van der Waals surface area contributed by atoms with Crippen LogP contribution in [0.1, 0.15) is 49.3 Å². The summed E-state index contributed by atoms with van der Waals surface area (Å²) in [7, 11) is 0. The van der Waals surface area contributed by atoms with Crippen LogP contribution in [0, 0.1) is 0 Å². The Balaban J connectivity index is 1.22. The van der Waals surface area contributed by atoms with Crippen molar-refractivity contribution in [2.45, 2.75) is 43.9 Å². The van der Waals surface area contributed by atoms with Crippen LogP contribution in [0.2, 0.25) is 0 Å². The van der Waals surface area contributed by atoms with E-state index in [1.165, 1.54) is 12.1 Å². The molecule has 1 aromatic carbocycles. The van der Waals surface area contributed by atoms with Crippen LogP contribution in [0.5, 0.6) is 5.75 Å². The molecule has 1 saturated heterocycles. The Hall–Kier alpha value is -2.62. The molecule has 2 aliphatic rings. The molecule has 2 heterocycles. The number of likely N-dealkylation sites (tertiary alicyclic amines) is 1. The van der Waals surface area contributed by atoms with Crippen LogP contribution in [0.4, 0.5) is 18.9 Å². The number of rotatable bonds is 6. The van der Waals surface area contributed by atoms with Crippen molar-refractivity contribution in [2.75, 3.05) is 25.0 Å². The second-order valence-electron chi connectivity index (χ2n) is 7.42. The van der Waals surface area contributed by atoms with Crippen molar-refractivity contribution in [3.05, 3.63) is 36.0 Å². The quantitative estimate of drug-likeness (QED) is 0.783. The average Bonchev–Trinajstić information content (AvgIpc) is 3.40. The molecule has 1 saturated carbocycles. The van der Waals surface area contributed by atoms with Gasteiger partial charge in [-0.2, -0.15) is 0 Å². The van der Waals surface area contributed by atoms with Gasteiger partial charge in [-0.25, -0.2) is 0 Å². The zero-order valence-corrected chi connectivity index (χ0v) is 15.6. The lowest BCUT2D eigenvalue weighted by Crippen LogP contribution is -2.38. The molecule has 0 unspecified atom stereocenters. The van der Waals surface area contributed by atoms with Crippen LogP contribution in [-0.4, -0.2) is 47.0 Å². The van der Waals surface area contributed by atoms with Crippen molar-refractivity contribution < 1.29 is 27.1 Å². The predicted octanol–water partition coefficient (Wildman–Crippen LogP) is 3.66. The van der Waals surface area contributed by atoms with E-state index in [-0.39, 0.29) is 24.1 Å². The third kappa shape index (κ3) is 5.47. The maximum absolute atomic E-state index is 12.2. The molecule has 2 aromatic rings. The summed E-state index contributed by atoms with van der Waals surface area (Å²) in [5.74, 6) is 1.54. The van der Waals surface area contributed by atoms with E-state index in [0.717, 1.165) is 56.8 Å². The molecule has 10 heteroatoms. The summed E-state index contributed by atoms with van der Waals surface area (Å²) in [6.07, 6.45) is -0.829. The zero-order valence-electron chi connectivity index (χ0n) is 15.6. The Labute approximate surface area is 165 Å². The van der Waals surface area contributed by atoms with Crippen LogP contribution in [-0.2, 0) is 4.79 Å². The Kier molecular flexibility index (Phi) is 5.44. The van der Waals surface area contributed by atoms with Gasteiger partial charge in [0.15, 0.2) is 0 Å². The molecular weight excluding hydrogens is 389 g/mol. The van der Waals surface area contributed by atoms with E-state index in [1.54, 1.807) is 0 Å². The number of nitrogens with one attached hydrogen (secondary N) is 1. The van der Waals surface area contributed by atoms with Crippen LogP contribution in [0.25, 0.3) is 0 Å². The highest BCUT2D eigenvalue weighted by molar-refractivity contribution is 5.92. The standard InChI is InChI=1S/C19H21F3N4O3/c20-19(21,22)29-15-5-3-14(4-6-15)23-16(27)11-26-9-7-13(8-10-26)18-25-24-17(28-18)12-1-2-12/h3-6,12-13H,1-2,7-11H2,(H,23,27). The molecule has 1 aliphatic carbocycles. The first kappa shape index (κ1) is 19.7. The van der Waals surface area contributed by atoms with Gasteiger partial charge in [0.05, 0.1) is 6.54 Å². The summed E-state index contributed by atoms with van der Waals surface area (Å²) in [5.41, 5.74) is 0.415. The molecule has 29 heavy (non-hydrogen) atoms. The van der Waals surface area contributed by atoms with Crippen molar-refractivity contribution in [3.8, 4) is 5.75 Å². The summed E-state index contributed by atoms with van der Waals surface area (Å²) >= 11 is 0. The van der Waals surface area contributed by atoms with Gasteiger partial charge in [-0.05, 0) is 63.0 Å². The SMILES string of the molecule is O=C(CN1CCC(c2nnc(C3CC3)o2)CC1)Nc1ccc(OC(F)(F)F)cc1.